The Morgan fingerprint density at radius 1 is 1.32 bits per heavy atom. The van der Waals surface area contributed by atoms with E-state index < -0.39 is 0 Å². The lowest BCUT2D eigenvalue weighted by Crippen LogP contribution is -2.31. The van der Waals surface area contributed by atoms with Gasteiger partial charge in [-0.3, -0.25) is 9.69 Å². The number of hydrogen-bond acceptors (Lipinski definition) is 5. The molecule has 0 N–H and O–H groups in total. The normalized spacial score (nSPS) is 10.6. The van der Waals surface area contributed by atoms with Crippen LogP contribution in [0, 0.1) is 6.92 Å². The van der Waals surface area contributed by atoms with Gasteiger partial charge in [0.2, 0.25) is 5.89 Å². The van der Waals surface area contributed by atoms with Crippen molar-refractivity contribution in [1.82, 2.24) is 9.97 Å². The molecule has 0 aliphatic rings. The first-order valence-corrected chi connectivity index (χ1v) is 7.80. The molecule has 2 aromatic heterocycles. The molecule has 3 rings (SSSR count). The van der Waals surface area contributed by atoms with E-state index in [-0.39, 0.29) is 5.91 Å². The summed E-state index contributed by atoms with van der Waals surface area (Å²) in [4.78, 5) is 22.9. The summed E-state index contributed by atoms with van der Waals surface area (Å²) in [6.45, 7) is 4.42. The van der Waals surface area contributed by atoms with Gasteiger partial charge in [0, 0.05) is 29.2 Å². The molecule has 0 aliphatic heterocycles. The standard InChI is InChI=1S/C16H15N3O2S/c1-3-19(16-18-7-9-22-16)15(20)13-10-12(5-4-11(13)2)14-17-6-8-21-14/h4-10H,3H2,1-2H3. The highest BCUT2D eigenvalue weighted by molar-refractivity contribution is 7.13. The average molecular weight is 313 g/mol. The second kappa shape index (κ2) is 6.11. The van der Waals surface area contributed by atoms with Crippen LogP contribution in [-0.4, -0.2) is 22.4 Å². The molecule has 112 valence electrons. The molecule has 22 heavy (non-hydrogen) atoms. The topological polar surface area (TPSA) is 59.2 Å². The number of amides is 1. The number of oxazole rings is 1. The number of anilines is 1. The van der Waals surface area contributed by atoms with Crippen LogP contribution >= 0.6 is 11.3 Å². The Balaban J connectivity index is 2.00. The maximum Gasteiger partial charge on any atom is 0.260 e. The fraction of sp³-hybridized carbons (Fsp3) is 0.188. The van der Waals surface area contributed by atoms with Crippen molar-refractivity contribution in [2.45, 2.75) is 13.8 Å². The fourth-order valence-corrected chi connectivity index (χ4v) is 2.92. The number of carbonyl (C=O) groups is 1. The molecule has 0 radical (unpaired) electrons. The second-order valence-corrected chi connectivity index (χ2v) is 5.60. The fourth-order valence-electron chi connectivity index (χ4n) is 2.21. The largest absolute Gasteiger partial charge is 0.445 e. The van der Waals surface area contributed by atoms with Crippen LogP contribution in [0.3, 0.4) is 0 Å². The maximum atomic E-state index is 12.9. The Morgan fingerprint density at radius 2 is 2.18 bits per heavy atom. The lowest BCUT2D eigenvalue weighted by molar-refractivity contribution is 0.0987. The molecule has 0 fully saturated rings. The average Bonchev–Trinajstić information content (AvgIpc) is 3.22. The number of benzene rings is 1. The van der Waals surface area contributed by atoms with Crippen LogP contribution in [0.25, 0.3) is 11.5 Å². The van der Waals surface area contributed by atoms with Gasteiger partial charge in [-0.05, 0) is 31.5 Å². The zero-order valence-corrected chi connectivity index (χ0v) is 13.1. The molecule has 6 heteroatoms. The van der Waals surface area contributed by atoms with E-state index in [1.165, 1.54) is 17.6 Å². The molecule has 1 amide bonds. The molecule has 0 saturated heterocycles. The van der Waals surface area contributed by atoms with Crippen molar-refractivity contribution in [2.75, 3.05) is 11.4 Å². The monoisotopic (exact) mass is 313 g/mol. The quantitative estimate of drug-likeness (QED) is 0.735. The minimum atomic E-state index is -0.0663. The molecule has 0 saturated carbocycles. The summed E-state index contributed by atoms with van der Waals surface area (Å²) < 4.78 is 5.31. The first-order valence-electron chi connectivity index (χ1n) is 6.92. The number of aryl methyl sites for hydroxylation is 1. The van der Waals surface area contributed by atoms with Crippen molar-refractivity contribution < 1.29 is 9.21 Å². The molecule has 1 aromatic carbocycles. The summed E-state index contributed by atoms with van der Waals surface area (Å²) in [7, 11) is 0. The van der Waals surface area contributed by atoms with E-state index in [2.05, 4.69) is 9.97 Å². The molecule has 0 aliphatic carbocycles. The SMILES string of the molecule is CCN(C(=O)c1cc(-c2ncco2)ccc1C)c1nccs1. The summed E-state index contributed by atoms with van der Waals surface area (Å²) in [5.41, 5.74) is 2.33. The zero-order valence-electron chi connectivity index (χ0n) is 12.3. The molecule has 3 aromatic rings. The van der Waals surface area contributed by atoms with Crippen LogP contribution < -0.4 is 4.90 Å². The van der Waals surface area contributed by atoms with Crippen LogP contribution in [0.1, 0.15) is 22.8 Å². The molecule has 0 unspecified atom stereocenters. The van der Waals surface area contributed by atoms with Gasteiger partial charge in [0.25, 0.3) is 5.91 Å². The summed E-state index contributed by atoms with van der Waals surface area (Å²) in [5.74, 6) is 0.440. The third-order valence-corrected chi connectivity index (χ3v) is 4.15. The van der Waals surface area contributed by atoms with Crippen LogP contribution in [-0.2, 0) is 0 Å². The molecule has 0 spiro atoms. The van der Waals surface area contributed by atoms with E-state index in [1.807, 2.05) is 37.4 Å². The van der Waals surface area contributed by atoms with E-state index in [0.717, 1.165) is 11.1 Å². The van der Waals surface area contributed by atoms with Gasteiger partial charge >= 0.3 is 0 Å². The van der Waals surface area contributed by atoms with Gasteiger partial charge in [-0.25, -0.2) is 9.97 Å². The van der Waals surface area contributed by atoms with Crippen LogP contribution in [0.5, 0.6) is 0 Å². The van der Waals surface area contributed by atoms with Crippen molar-refractivity contribution in [3.8, 4) is 11.5 Å². The number of thiazole rings is 1. The van der Waals surface area contributed by atoms with Crippen LogP contribution in [0.2, 0.25) is 0 Å². The first-order chi connectivity index (χ1) is 10.7. The van der Waals surface area contributed by atoms with Gasteiger partial charge in [-0.15, -0.1) is 11.3 Å². The Hall–Kier alpha value is -2.47. The molecule has 5 nitrogen and oxygen atoms in total. The summed E-state index contributed by atoms with van der Waals surface area (Å²) in [6.07, 6.45) is 4.81. The Kier molecular flexibility index (Phi) is 4.02. The molecule has 0 atom stereocenters. The highest BCUT2D eigenvalue weighted by Crippen LogP contribution is 2.25. The van der Waals surface area contributed by atoms with E-state index in [4.69, 9.17) is 4.42 Å². The predicted octanol–water partition coefficient (Wildman–Crippen LogP) is 3.77. The van der Waals surface area contributed by atoms with Gasteiger partial charge in [0.1, 0.15) is 6.26 Å². The number of hydrogen-bond donors (Lipinski definition) is 0. The van der Waals surface area contributed by atoms with E-state index in [0.29, 0.717) is 23.1 Å². The van der Waals surface area contributed by atoms with Crippen molar-refractivity contribution in [2.24, 2.45) is 0 Å². The second-order valence-electron chi connectivity index (χ2n) is 4.73. The lowest BCUT2D eigenvalue weighted by Gasteiger charge is -2.19. The van der Waals surface area contributed by atoms with E-state index in [9.17, 15) is 4.79 Å². The number of rotatable bonds is 4. The van der Waals surface area contributed by atoms with Gasteiger partial charge in [-0.2, -0.15) is 0 Å². The highest BCUT2D eigenvalue weighted by atomic mass is 32.1. The van der Waals surface area contributed by atoms with Crippen molar-refractivity contribution in [3.05, 3.63) is 53.4 Å². The van der Waals surface area contributed by atoms with E-state index >= 15 is 0 Å². The van der Waals surface area contributed by atoms with E-state index in [1.54, 1.807) is 17.3 Å². The van der Waals surface area contributed by atoms with Crippen LogP contribution in [0.4, 0.5) is 5.13 Å². The third kappa shape index (κ3) is 2.65. The van der Waals surface area contributed by atoms with Gasteiger partial charge in [0.15, 0.2) is 5.13 Å². The third-order valence-electron chi connectivity index (χ3n) is 3.36. The molecular weight excluding hydrogens is 298 g/mol. The number of aromatic nitrogens is 2. The lowest BCUT2D eigenvalue weighted by atomic mass is 10.0. The predicted molar refractivity (Wildman–Crippen MR) is 86.1 cm³/mol. The van der Waals surface area contributed by atoms with Gasteiger partial charge in [-0.1, -0.05) is 6.07 Å². The van der Waals surface area contributed by atoms with Crippen LogP contribution in [0.15, 0.2) is 46.7 Å². The minimum Gasteiger partial charge on any atom is -0.445 e. The Morgan fingerprint density at radius 3 is 2.82 bits per heavy atom. The Bertz CT molecular complexity index is 767. The Labute approximate surface area is 132 Å². The smallest absolute Gasteiger partial charge is 0.260 e. The highest BCUT2D eigenvalue weighted by Gasteiger charge is 2.20. The van der Waals surface area contributed by atoms with Crippen molar-refractivity contribution in [1.29, 1.82) is 0 Å². The molecule has 0 bridgehead atoms. The summed E-state index contributed by atoms with van der Waals surface area (Å²) in [6, 6.07) is 5.62. The van der Waals surface area contributed by atoms with Crippen molar-refractivity contribution in [3.63, 3.8) is 0 Å². The van der Waals surface area contributed by atoms with Gasteiger partial charge < -0.3 is 4.42 Å². The maximum absolute atomic E-state index is 12.9. The summed E-state index contributed by atoms with van der Waals surface area (Å²) in [5, 5.41) is 2.56. The molecular formula is C16H15N3O2S. The number of nitrogens with zero attached hydrogens (tertiary/aromatic N) is 3. The minimum absolute atomic E-state index is 0.0663. The van der Waals surface area contributed by atoms with Crippen molar-refractivity contribution >= 4 is 22.4 Å². The summed E-state index contributed by atoms with van der Waals surface area (Å²) >= 11 is 1.45. The first kappa shape index (κ1) is 14.5. The number of carbonyl (C=O) groups excluding carboxylic acids is 1. The molecule has 2 heterocycles. The zero-order chi connectivity index (χ0) is 15.5. The van der Waals surface area contributed by atoms with Gasteiger partial charge in [0.05, 0.1) is 6.20 Å².